The van der Waals surface area contributed by atoms with Gasteiger partial charge in [0.2, 0.25) is 0 Å². The number of halogens is 2. The summed E-state index contributed by atoms with van der Waals surface area (Å²) in [6, 6.07) is 7.17. The van der Waals surface area contributed by atoms with Crippen LogP contribution in [0.1, 0.15) is 15.9 Å². The van der Waals surface area contributed by atoms with Gasteiger partial charge in [0.25, 0.3) is 0 Å². The monoisotopic (exact) mass is 350 g/mol. The summed E-state index contributed by atoms with van der Waals surface area (Å²) in [6.07, 6.45) is 2.94. The highest BCUT2D eigenvalue weighted by atomic mass is 35.5. The molecule has 0 bridgehead atoms. The van der Waals surface area contributed by atoms with Crippen molar-refractivity contribution >= 4 is 23.5 Å². The van der Waals surface area contributed by atoms with E-state index in [1.54, 1.807) is 18.2 Å². The number of ether oxygens (including phenoxy) is 3. The minimum Gasteiger partial charge on any atom is -0.496 e. The van der Waals surface area contributed by atoms with Crippen LogP contribution < -0.4 is 14.2 Å². The Morgan fingerprint density at radius 2 is 1.62 bits per heavy atom. The van der Waals surface area contributed by atoms with E-state index >= 15 is 0 Å². The van der Waals surface area contributed by atoms with Crippen LogP contribution in [-0.4, -0.2) is 27.1 Å². The highest BCUT2D eigenvalue weighted by Gasteiger charge is 2.11. The smallest absolute Gasteiger partial charge is 0.185 e. The Labute approximate surface area is 144 Å². The van der Waals surface area contributed by atoms with Gasteiger partial charge in [-0.25, -0.2) is 4.39 Å². The van der Waals surface area contributed by atoms with E-state index in [4.69, 9.17) is 25.8 Å². The number of hydrogen-bond acceptors (Lipinski definition) is 4. The van der Waals surface area contributed by atoms with Crippen molar-refractivity contribution in [2.75, 3.05) is 21.3 Å². The van der Waals surface area contributed by atoms with Gasteiger partial charge in [0.05, 0.1) is 26.4 Å². The Kier molecular flexibility index (Phi) is 5.82. The average molecular weight is 351 g/mol. The van der Waals surface area contributed by atoms with E-state index in [0.717, 1.165) is 6.07 Å². The van der Waals surface area contributed by atoms with Gasteiger partial charge in [0, 0.05) is 17.2 Å². The van der Waals surface area contributed by atoms with E-state index in [1.807, 2.05) is 0 Å². The molecule has 0 saturated carbocycles. The highest BCUT2D eigenvalue weighted by molar-refractivity contribution is 6.31. The lowest BCUT2D eigenvalue weighted by Crippen LogP contribution is -1.96. The standard InChI is InChI=1S/C18H16ClFO4/c1-22-16-10-18(24-3)17(23-2)9-12(16)5-7-15(21)11-4-6-14(20)13(19)8-11/h4-10H,1-3H3/b7-5+. The molecule has 0 unspecified atom stereocenters. The summed E-state index contributed by atoms with van der Waals surface area (Å²) >= 11 is 5.69. The number of methoxy groups -OCH3 is 3. The summed E-state index contributed by atoms with van der Waals surface area (Å²) in [4.78, 5) is 12.2. The SMILES string of the molecule is COc1cc(OC)c(OC)cc1/C=C/C(=O)c1ccc(F)c(Cl)c1. The maximum atomic E-state index is 13.2. The largest absolute Gasteiger partial charge is 0.496 e. The van der Waals surface area contributed by atoms with Gasteiger partial charge in [-0.05, 0) is 36.4 Å². The highest BCUT2D eigenvalue weighted by Crippen LogP contribution is 2.35. The molecule has 0 aliphatic rings. The van der Waals surface area contributed by atoms with E-state index < -0.39 is 5.82 Å². The van der Waals surface area contributed by atoms with E-state index in [9.17, 15) is 9.18 Å². The van der Waals surface area contributed by atoms with Crippen molar-refractivity contribution < 1.29 is 23.4 Å². The molecule has 0 atom stereocenters. The molecule has 2 aromatic carbocycles. The summed E-state index contributed by atoms with van der Waals surface area (Å²) in [5.74, 6) is 0.666. The third-order valence-electron chi connectivity index (χ3n) is 3.35. The lowest BCUT2D eigenvalue weighted by Gasteiger charge is -2.12. The van der Waals surface area contributed by atoms with Gasteiger partial charge >= 0.3 is 0 Å². The number of carbonyl (C=O) groups is 1. The molecular formula is C18H16ClFO4. The van der Waals surface area contributed by atoms with Crippen LogP contribution in [0.3, 0.4) is 0 Å². The molecule has 126 valence electrons. The molecule has 2 rings (SSSR count). The van der Waals surface area contributed by atoms with Crippen molar-refractivity contribution in [3.8, 4) is 17.2 Å². The van der Waals surface area contributed by atoms with Crippen LogP contribution in [0.2, 0.25) is 5.02 Å². The molecule has 0 heterocycles. The number of carbonyl (C=O) groups excluding carboxylic acids is 1. The fraction of sp³-hybridized carbons (Fsp3) is 0.167. The van der Waals surface area contributed by atoms with E-state index in [0.29, 0.717) is 22.8 Å². The predicted octanol–water partition coefficient (Wildman–Crippen LogP) is 4.40. The zero-order chi connectivity index (χ0) is 17.7. The first-order valence-corrected chi connectivity index (χ1v) is 7.35. The van der Waals surface area contributed by atoms with E-state index in [1.165, 1.54) is 39.5 Å². The molecule has 0 aliphatic carbocycles. The van der Waals surface area contributed by atoms with Gasteiger partial charge < -0.3 is 14.2 Å². The molecule has 0 saturated heterocycles. The van der Waals surface area contributed by atoms with Gasteiger partial charge in [-0.2, -0.15) is 0 Å². The van der Waals surface area contributed by atoms with Crippen molar-refractivity contribution in [1.29, 1.82) is 0 Å². The Morgan fingerprint density at radius 3 is 2.21 bits per heavy atom. The molecule has 4 nitrogen and oxygen atoms in total. The summed E-state index contributed by atoms with van der Waals surface area (Å²) in [5.41, 5.74) is 0.925. The van der Waals surface area contributed by atoms with Crippen LogP contribution in [0.4, 0.5) is 4.39 Å². The van der Waals surface area contributed by atoms with Gasteiger partial charge in [-0.3, -0.25) is 4.79 Å². The molecule has 0 radical (unpaired) electrons. The second-order valence-corrected chi connectivity index (χ2v) is 5.18. The predicted molar refractivity (Wildman–Crippen MR) is 90.9 cm³/mol. The molecule has 0 amide bonds. The minimum absolute atomic E-state index is 0.0991. The van der Waals surface area contributed by atoms with Crippen LogP contribution in [-0.2, 0) is 0 Å². The Bertz CT molecular complexity index is 787. The normalized spacial score (nSPS) is 10.7. The Morgan fingerprint density at radius 1 is 1.00 bits per heavy atom. The fourth-order valence-electron chi connectivity index (χ4n) is 2.09. The molecule has 0 fully saturated rings. The average Bonchev–Trinajstić information content (AvgIpc) is 2.60. The Balaban J connectivity index is 2.33. The fourth-order valence-corrected chi connectivity index (χ4v) is 2.27. The number of benzene rings is 2. The van der Waals surface area contributed by atoms with Crippen LogP contribution in [0.15, 0.2) is 36.4 Å². The molecule has 24 heavy (non-hydrogen) atoms. The van der Waals surface area contributed by atoms with Crippen molar-refractivity contribution in [2.24, 2.45) is 0 Å². The van der Waals surface area contributed by atoms with Crippen LogP contribution in [0.25, 0.3) is 6.08 Å². The third-order valence-corrected chi connectivity index (χ3v) is 3.64. The maximum Gasteiger partial charge on any atom is 0.185 e. The molecule has 0 aliphatic heterocycles. The first-order valence-electron chi connectivity index (χ1n) is 6.97. The number of rotatable bonds is 6. The van der Waals surface area contributed by atoms with Crippen LogP contribution in [0.5, 0.6) is 17.2 Å². The van der Waals surface area contributed by atoms with Crippen molar-refractivity contribution in [2.45, 2.75) is 0 Å². The number of allylic oxidation sites excluding steroid dienone is 1. The summed E-state index contributed by atoms with van der Waals surface area (Å²) in [5, 5.41) is -0.0991. The first kappa shape index (κ1) is 17.8. The molecule has 0 N–H and O–H groups in total. The van der Waals surface area contributed by atoms with E-state index in [2.05, 4.69) is 0 Å². The summed E-state index contributed by atoms with van der Waals surface area (Å²) in [6.45, 7) is 0. The van der Waals surface area contributed by atoms with E-state index in [-0.39, 0.29) is 16.4 Å². The second-order valence-electron chi connectivity index (χ2n) is 4.78. The summed E-state index contributed by atoms with van der Waals surface area (Å²) in [7, 11) is 4.55. The Hall–Kier alpha value is -2.53. The lowest BCUT2D eigenvalue weighted by atomic mass is 10.1. The second kappa shape index (κ2) is 7.84. The topological polar surface area (TPSA) is 44.8 Å². The zero-order valence-corrected chi connectivity index (χ0v) is 14.2. The van der Waals surface area contributed by atoms with Crippen LogP contribution >= 0.6 is 11.6 Å². The van der Waals surface area contributed by atoms with Crippen molar-refractivity contribution in [1.82, 2.24) is 0 Å². The van der Waals surface area contributed by atoms with Gasteiger partial charge in [-0.15, -0.1) is 0 Å². The summed E-state index contributed by atoms with van der Waals surface area (Å²) < 4.78 is 28.9. The first-order chi connectivity index (χ1) is 11.5. The van der Waals surface area contributed by atoms with Crippen molar-refractivity contribution in [3.63, 3.8) is 0 Å². The lowest BCUT2D eigenvalue weighted by molar-refractivity contribution is 0.104. The minimum atomic E-state index is -0.571. The molecule has 0 spiro atoms. The van der Waals surface area contributed by atoms with Crippen LogP contribution in [0, 0.1) is 5.82 Å². The zero-order valence-electron chi connectivity index (χ0n) is 13.4. The third kappa shape index (κ3) is 3.86. The number of ketones is 1. The molecule has 2 aromatic rings. The van der Waals surface area contributed by atoms with Gasteiger partial charge in [0.15, 0.2) is 17.3 Å². The van der Waals surface area contributed by atoms with Gasteiger partial charge in [0.1, 0.15) is 11.6 Å². The molecular weight excluding hydrogens is 335 g/mol. The van der Waals surface area contributed by atoms with Crippen molar-refractivity contribution in [3.05, 3.63) is 58.4 Å². The maximum absolute atomic E-state index is 13.2. The molecule has 6 heteroatoms. The van der Waals surface area contributed by atoms with Gasteiger partial charge in [-0.1, -0.05) is 11.6 Å². The number of hydrogen-bond donors (Lipinski definition) is 0. The molecule has 0 aromatic heterocycles. The quantitative estimate of drug-likeness (QED) is 0.572.